The molecule has 2 rings (SSSR count). The standard InChI is InChI=1S/C34H59NO12Si/c1-34(2,3)48(4,5)47-29-28-46-27-26-45-25-24-44-23-22-43-21-20-42-19-18-41-17-16-40-15-14-39-13-12-38-11-10-35-32(36)30-8-6-7-9-31(30)33(35)37/h6-9H,10-29H2,1-5H3. The van der Waals surface area contributed by atoms with E-state index in [9.17, 15) is 9.59 Å². The summed E-state index contributed by atoms with van der Waals surface area (Å²) in [6.45, 7) is 20.6. The van der Waals surface area contributed by atoms with Gasteiger partial charge in [0.15, 0.2) is 8.32 Å². The minimum Gasteiger partial charge on any atom is -0.414 e. The molecule has 2 amide bonds. The zero-order valence-electron chi connectivity index (χ0n) is 29.8. The summed E-state index contributed by atoms with van der Waals surface area (Å²) in [4.78, 5) is 25.8. The van der Waals surface area contributed by atoms with Crippen molar-refractivity contribution >= 4 is 20.1 Å². The van der Waals surface area contributed by atoms with E-state index in [0.29, 0.717) is 130 Å². The van der Waals surface area contributed by atoms with Gasteiger partial charge >= 0.3 is 0 Å². The number of nitrogens with zero attached hydrogens (tertiary/aromatic N) is 1. The molecule has 0 N–H and O–H groups in total. The molecule has 1 heterocycles. The van der Waals surface area contributed by atoms with Crippen molar-refractivity contribution in [2.45, 2.75) is 38.9 Å². The van der Waals surface area contributed by atoms with Gasteiger partial charge < -0.3 is 47.1 Å². The minimum atomic E-state index is -1.71. The average Bonchev–Trinajstić information content (AvgIpc) is 3.29. The summed E-state index contributed by atoms with van der Waals surface area (Å²) < 4.78 is 55.6. The summed E-state index contributed by atoms with van der Waals surface area (Å²) in [7, 11) is -1.71. The van der Waals surface area contributed by atoms with Crippen LogP contribution in [0.4, 0.5) is 0 Å². The van der Waals surface area contributed by atoms with Crippen LogP contribution in [0.5, 0.6) is 0 Å². The summed E-state index contributed by atoms with van der Waals surface area (Å²) in [6, 6.07) is 6.83. The zero-order valence-corrected chi connectivity index (χ0v) is 30.8. The molecule has 48 heavy (non-hydrogen) atoms. The van der Waals surface area contributed by atoms with Crippen molar-refractivity contribution in [1.82, 2.24) is 4.90 Å². The number of amides is 2. The third-order valence-corrected chi connectivity index (χ3v) is 12.3. The molecule has 276 valence electrons. The van der Waals surface area contributed by atoms with E-state index in [-0.39, 0.29) is 30.0 Å². The molecular weight excluding hydrogens is 642 g/mol. The maximum absolute atomic E-state index is 12.3. The number of benzene rings is 1. The van der Waals surface area contributed by atoms with Gasteiger partial charge in [-0.05, 0) is 30.3 Å². The molecule has 14 heteroatoms. The van der Waals surface area contributed by atoms with Crippen molar-refractivity contribution in [3.05, 3.63) is 35.4 Å². The zero-order chi connectivity index (χ0) is 34.9. The fourth-order valence-electron chi connectivity index (χ4n) is 4.03. The van der Waals surface area contributed by atoms with Crippen molar-refractivity contribution in [1.29, 1.82) is 0 Å². The molecule has 1 aliphatic heterocycles. The summed E-state index contributed by atoms with van der Waals surface area (Å²) in [5.41, 5.74) is 0.887. The van der Waals surface area contributed by atoms with E-state index in [1.54, 1.807) is 24.3 Å². The van der Waals surface area contributed by atoms with Gasteiger partial charge in [-0.1, -0.05) is 32.9 Å². The van der Waals surface area contributed by atoms with Crippen molar-refractivity contribution < 1.29 is 56.6 Å². The van der Waals surface area contributed by atoms with Gasteiger partial charge in [0.1, 0.15) is 0 Å². The number of hydrogen-bond acceptors (Lipinski definition) is 12. The van der Waals surface area contributed by atoms with Crippen molar-refractivity contribution in [3.63, 3.8) is 0 Å². The number of hydrogen-bond donors (Lipinski definition) is 0. The monoisotopic (exact) mass is 701 g/mol. The first kappa shape index (κ1) is 42.3. The molecular formula is C34H59NO12Si. The largest absolute Gasteiger partial charge is 0.414 e. The normalized spacial score (nSPS) is 13.6. The number of imide groups is 1. The lowest BCUT2D eigenvalue weighted by Gasteiger charge is -2.36. The van der Waals surface area contributed by atoms with Gasteiger partial charge in [0, 0.05) is 0 Å². The van der Waals surface area contributed by atoms with Crippen LogP contribution in [-0.2, 0) is 47.1 Å². The fourth-order valence-corrected chi connectivity index (χ4v) is 5.06. The highest BCUT2D eigenvalue weighted by Crippen LogP contribution is 2.36. The van der Waals surface area contributed by atoms with E-state index in [1.807, 2.05) is 0 Å². The average molecular weight is 702 g/mol. The van der Waals surface area contributed by atoms with Crippen molar-refractivity contribution in [2.75, 3.05) is 132 Å². The van der Waals surface area contributed by atoms with Crippen LogP contribution in [0.25, 0.3) is 0 Å². The third-order valence-electron chi connectivity index (χ3n) is 7.81. The Morgan fingerprint density at radius 2 is 0.750 bits per heavy atom. The highest BCUT2D eigenvalue weighted by atomic mass is 28.4. The molecule has 0 unspecified atom stereocenters. The Kier molecular flexibility index (Phi) is 22.2. The van der Waals surface area contributed by atoms with Crippen LogP contribution < -0.4 is 0 Å². The first-order valence-electron chi connectivity index (χ1n) is 16.9. The molecule has 0 saturated carbocycles. The summed E-state index contributed by atoms with van der Waals surface area (Å²) >= 11 is 0. The molecule has 1 aromatic rings. The molecule has 0 atom stereocenters. The Morgan fingerprint density at radius 3 is 1.04 bits per heavy atom. The summed E-state index contributed by atoms with van der Waals surface area (Å²) in [5, 5.41) is 0.211. The Labute approximate surface area is 287 Å². The Bertz CT molecular complexity index is 972. The number of carbonyl (C=O) groups excluding carboxylic acids is 2. The van der Waals surface area contributed by atoms with Gasteiger partial charge in [-0.15, -0.1) is 0 Å². The third kappa shape index (κ3) is 17.7. The lowest BCUT2D eigenvalue weighted by Crippen LogP contribution is -2.41. The topological polar surface area (TPSA) is 130 Å². The van der Waals surface area contributed by atoms with E-state index < -0.39 is 8.32 Å². The molecule has 1 aromatic carbocycles. The van der Waals surface area contributed by atoms with Crippen LogP contribution >= 0.6 is 0 Å². The van der Waals surface area contributed by atoms with Crippen LogP contribution in [0.15, 0.2) is 24.3 Å². The second kappa shape index (κ2) is 25.2. The van der Waals surface area contributed by atoms with Gasteiger partial charge in [0.05, 0.1) is 143 Å². The number of fused-ring (bicyclic) bond motifs is 1. The van der Waals surface area contributed by atoms with E-state index in [4.69, 9.17) is 47.1 Å². The lowest BCUT2D eigenvalue weighted by atomic mass is 10.1. The summed E-state index contributed by atoms with van der Waals surface area (Å²) in [6.07, 6.45) is 0. The first-order chi connectivity index (χ1) is 23.1. The quantitative estimate of drug-likeness (QED) is 0.0639. The Balaban J connectivity index is 1.20. The van der Waals surface area contributed by atoms with Gasteiger partial charge in [0.2, 0.25) is 0 Å². The van der Waals surface area contributed by atoms with Crippen LogP contribution in [0, 0.1) is 0 Å². The molecule has 0 saturated heterocycles. The fraction of sp³-hybridized carbons (Fsp3) is 0.765. The Morgan fingerprint density at radius 1 is 0.479 bits per heavy atom. The van der Waals surface area contributed by atoms with Crippen LogP contribution in [0.3, 0.4) is 0 Å². The van der Waals surface area contributed by atoms with Gasteiger partial charge in [0.25, 0.3) is 11.8 Å². The van der Waals surface area contributed by atoms with E-state index >= 15 is 0 Å². The molecule has 0 spiro atoms. The maximum Gasteiger partial charge on any atom is 0.261 e. The summed E-state index contributed by atoms with van der Waals surface area (Å²) in [5.74, 6) is -0.552. The van der Waals surface area contributed by atoms with Crippen molar-refractivity contribution in [3.8, 4) is 0 Å². The Hall–Kier alpha value is -1.82. The number of rotatable bonds is 31. The van der Waals surface area contributed by atoms with E-state index in [0.717, 1.165) is 0 Å². The smallest absolute Gasteiger partial charge is 0.261 e. The highest BCUT2D eigenvalue weighted by Gasteiger charge is 2.37. The van der Waals surface area contributed by atoms with Crippen molar-refractivity contribution in [2.24, 2.45) is 0 Å². The molecule has 0 fully saturated rings. The lowest BCUT2D eigenvalue weighted by molar-refractivity contribution is -0.0255. The molecule has 0 radical (unpaired) electrons. The molecule has 0 bridgehead atoms. The molecule has 1 aliphatic rings. The van der Waals surface area contributed by atoms with Crippen LogP contribution in [0.1, 0.15) is 41.5 Å². The number of carbonyl (C=O) groups is 2. The van der Waals surface area contributed by atoms with Gasteiger partial charge in [-0.3, -0.25) is 14.5 Å². The number of ether oxygens (including phenoxy) is 9. The van der Waals surface area contributed by atoms with E-state index in [1.165, 1.54) is 4.90 Å². The van der Waals surface area contributed by atoms with Crippen LogP contribution in [0.2, 0.25) is 18.1 Å². The molecule has 0 aromatic heterocycles. The predicted molar refractivity (Wildman–Crippen MR) is 182 cm³/mol. The SMILES string of the molecule is CC(C)(C)[Si](C)(C)OCCOCCOCCOCCOCCOCCOCCOCCOCCOCCN1C(=O)c2ccccc2C1=O. The molecule has 0 aliphatic carbocycles. The van der Waals surface area contributed by atoms with Crippen LogP contribution in [-0.4, -0.2) is 157 Å². The first-order valence-corrected chi connectivity index (χ1v) is 19.8. The minimum absolute atomic E-state index is 0.211. The second-order valence-corrected chi connectivity index (χ2v) is 17.2. The maximum atomic E-state index is 12.3. The van der Waals surface area contributed by atoms with Gasteiger partial charge in [-0.25, -0.2) is 0 Å². The highest BCUT2D eigenvalue weighted by molar-refractivity contribution is 6.74. The predicted octanol–water partition coefficient (Wildman–Crippen LogP) is 3.45. The molecule has 13 nitrogen and oxygen atoms in total. The van der Waals surface area contributed by atoms with Gasteiger partial charge in [-0.2, -0.15) is 0 Å². The van der Waals surface area contributed by atoms with E-state index in [2.05, 4.69) is 33.9 Å². The second-order valence-electron chi connectivity index (χ2n) is 12.4.